The quantitative estimate of drug-likeness (QED) is 0.383. The topological polar surface area (TPSA) is 21.6 Å². The first-order chi connectivity index (χ1) is 13.2. The Balaban J connectivity index is 1.53. The van der Waals surface area contributed by atoms with Gasteiger partial charge in [0.1, 0.15) is 12.4 Å². The van der Waals surface area contributed by atoms with Crippen LogP contribution in [0.5, 0.6) is 0 Å². The molecule has 1 saturated carbocycles. The molecule has 136 valence electrons. The van der Waals surface area contributed by atoms with E-state index in [1.165, 1.54) is 28.8 Å². The fourth-order valence-electron chi connectivity index (χ4n) is 3.28. The summed E-state index contributed by atoms with van der Waals surface area (Å²) in [7, 11) is 0. The minimum absolute atomic E-state index is 0.233. The lowest BCUT2D eigenvalue weighted by molar-refractivity contribution is 0.129. The molecule has 4 rings (SSSR count). The van der Waals surface area contributed by atoms with Gasteiger partial charge in [0, 0.05) is 5.92 Å². The summed E-state index contributed by atoms with van der Waals surface area (Å²) in [5.41, 5.74) is 6.59. The van der Waals surface area contributed by atoms with Crippen molar-refractivity contribution in [2.45, 2.75) is 26.4 Å². The van der Waals surface area contributed by atoms with Crippen LogP contribution in [0.25, 0.3) is 11.1 Å². The van der Waals surface area contributed by atoms with Gasteiger partial charge in [0.2, 0.25) is 0 Å². The SMILES string of the molecule is Cc1c(CO/N=C(/c2ccc(F)cc2)C2CC2)cccc1-c1ccccc1. The number of benzene rings is 3. The second-order valence-electron chi connectivity index (χ2n) is 6.99. The van der Waals surface area contributed by atoms with Crippen LogP contribution in [0.4, 0.5) is 4.39 Å². The zero-order chi connectivity index (χ0) is 18.6. The Bertz CT molecular complexity index is 944. The molecule has 3 aromatic carbocycles. The maximum absolute atomic E-state index is 13.2. The molecule has 3 aromatic rings. The molecule has 0 bridgehead atoms. The van der Waals surface area contributed by atoms with E-state index in [9.17, 15) is 4.39 Å². The summed E-state index contributed by atoms with van der Waals surface area (Å²) in [4.78, 5) is 5.73. The molecule has 0 heterocycles. The van der Waals surface area contributed by atoms with E-state index in [4.69, 9.17) is 4.84 Å². The summed E-state index contributed by atoms with van der Waals surface area (Å²) in [6, 6.07) is 23.1. The van der Waals surface area contributed by atoms with Crippen LogP contribution in [-0.4, -0.2) is 5.71 Å². The van der Waals surface area contributed by atoms with Gasteiger partial charge in [0.15, 0.2) is 0 Å². The zero-order valence-electron chi connectivity index (χ0n) is 15.4. The first kappa shape index (κ1) is 17.5. The summed E-state index contributed by atoms with van der Waals surface area (Å²) < 4.78 is 13.2. The summed E-state index contributed by atoms with van der Waals surface area (Å²) >= 11 is 0. The molecular weight excluding hydrogens is 337 g/mol. The van der Waals surface area contributed by atoms with Crippen LogP contribution in [0.15, 0.2) is 78.0 Å². The predicted molar refractivity (Wildman–Crippen MR) is 107 cm³/mol. The highest BCUT2D eigenvalue weighted by Gasteiger charge is 2.29. The van der Waals surface area contributed by atoms with Crippen LogP contribution < -0.4 is 0 Å². The fraction of sp³-hybridized carbons (Fsp3) is 0.208. The van der Waals surface area contributed by atoms with Crippen molar-refractivity contribution in [3.63, 3.8) is 0 Å². The third-order valence-corrected chi connectivity index (χ3v) is 5.02. The second kappa shape index (κ2) is 7.75. The van der Waals surface area contributed by atoms with Crippen molar-refractivity contribution in [3.8, 4) is 11.1 Å². The number of oxime groups is 1. The monoisotopic (exact) mass is 359 g/mol. The van der Waals surface area contributed by atoms with Gasteiger partial charge in [-0.1, -0.05) is 65.8 Å². The molecule has 0 atom stereocenters. The van der Waals surface area contributed by atoms with Crippen molar-refractivity contribution in [2.24, 2.45) is 11.1 Å². The molecular formula is C24H22FNO. The molecule has 1 aliphatic rings. The van der Waals surface area contributed by atoms with Gasteiger partial charge in [-0.25, -0.2) is 4.39 Å². The molecule has 27 heavy (non-hydrogen) atoms. The Morgan fingerprint density at radius 1 is 0.963 bits per heavy atom. The van der Waals surface area contributed by atoms with Crippen molar-refractivity contribution in [1.82, 2.24) is 0 Å². The molecule has 0 saturated heterocycles. The van der Waals surface area contributed by atoms with Gasteiger partial charge >= 0.3 is 0 Å². The summed E-state index contributed by atoms with van der Waals surface area (Å²) in [6.45, 7) is 2.54. The van der Waals surface area contributed by atoms with Crippen molar-refractivity contribution in [2.75, 3.05) is 0 Å². The van der Waals surface area contributed by atoms with E-state index in [-0.39, 0.29) is 5.82 Å². The molecule has 0 aromatic heterocycles. The predicted octanol–water partition coefficient (Wildman–Crippen LogP) is 6.13. The van der Waals surface area contributed by atoms with E-state index in [1.54, 1.807) is 12.1 Å². The van der Waals surface area contributed by atoms with Crippen molar-refractivity contribution in [1.29, 1.82) is 0 Å². The van der Waals surface area contributed by atoms with Gasteiger partial charge in [-0.15, -0.1) is 0 Å². The van der Waals surface area contributed by atoms with Crippen molar-refractivity contribution >= 4 is 5.71 Å². The average Bonchev–Trinajstić information content (AvgIpc) is 3.53. The minimum atomic E-state index is -0.233. The molecule has 0 N–H and O–H groups in total. The Morgan fingerprint density at radius 3 is 2.41 bits per heavy atom. The van der Waals surface area contributed by atoms with Gasteiger partial charge in [-0.3, -0.25) is 0 Å². The molecule has 1 aliphatic carbocycles. The van der Waals surface area contributed by atoms with E-state index in [0.29, 0.717) is 12.5 Å². The maximum Gasteiger partial charge on any atom is 0.142 e. The zero-order valence-corrected chi connectivity index (χ0v) is 15.4. The van der Waals surface area contributed by atoms with Gasteiger partial charge in [0.25, 0.3) is 0 Å². The average molecular weight is 359 g/mol. The molecule has 0 amide bonds. The Morgan fingerprint density at radius 2 is 1.70 bits per heavy atom. The molecule has 0 radical (unpaired) electrons. The first-order valence-corrected chi connectivity index (χ1v) is 9.32. The summed E-state index contributed by atoms with van der Waals surface area (Å²) in [6.07, 6.45) is 2.23. The molecule has 2 nitrogen and oxygen atoms in total. The van der Waals surface area contributed by atoms with Gasteiger partial charge in [-0.05, 0) is 59.7 Å². The maximum atomic E-state index is 13.2. The first-order valence-electron chi connectivity index (χ1n) is 9.32. The number of rotatable bonds is 6. The normalized spacial score (nSPS) is 14.2. The molecule has 1 fully saturated rings. The highest BCUT2D eigenvalue weighted by molar-refractivity contribution is 6.03. The number of hydrogen-bond acceptors (Lipinski definition) is 2. The van der Waals surface area contributed by atoms with E-state index in [2.05, 4.69) is 42.4 Å². The lowest BCUT2D eigenvalue weighted by Gasteiger charge is -2.12. The Labute approximate surface area is 159 Å². The van der Waals surface area contributed by atoms with Gasteiger partial charge < -0.3 is 4.84 Å². The van der Waals surface area contributed by atoms with Gasteiger partial charge in [-0.2, -0.15) is 0 Å². The van der Waals surface area contributed by atoms with Crippen LogP contribution in [0.3, 0.4) is 0 Å². The molecule has 0 unspecified atom stereocenters. The third kappa shape index (κ3) is 4.08. The molecule has 0 spiro atoms. The Kier molecular flexibility index (Phi) is 5.01. The second-order valence-corrected chi connectivity index (χ2v) is 6.99. The lowest BCUT2D eigenvalue weighted by atomic mass is 9.97. The van der Waals surface area contributed by atoms with Crippen LogP contribution in [0.2, 0.25) is 0 Å². The molecule has 0 aliphatic heterocycles. The number of nitrogens with zero attached hydrogens (tertiary/aromatic N) is 1. The number of halogens is 1. The Hall–Kier alpha value is -2.94. The highest BCUT2D eigenvalue weighted by Crippen LogP contribution is 2.34. The van der Waals surface area contributed by atoms with E-state index < -0.39 is 0 Å². The minimum Gasteiger partial charge on any atom is -0.391 e. The number of hydrogen-bond donors (Lipinski definition) is 0. The van der Waals surface area contributed by atoms with Crippen LogP contribution in [0, 0.1) is 18.7 Å². The molecule has 3 heteroatoms. The van der Waals surface area contributed by atoms with E-state index >= 15 is 0 Å². The lowest BCUT2D eigenvalue weighted by Crippen LogP contribution is -2.05. The largest absolute Gasteiger partial charge is 0.391 e. The van der Waals surface area contributed by atoms with Crippen molar-refractivity contribution in [3.05, 3.63) is 95.3 Å². The fourth-order valence-corrected chi connectivity index (χ4v) is 3.28. The van der Waals surface area contributed by atoms with Crippen molar-refractivity contribution < 1.29 is 9.23 Å². The van der Waals surface area contributed by atoms with E-state index in [1.807, 2.05) is 18.2 Å². The van der Waals surface area contributed by atoms with Crippen LogP contribution >= 0.6 is 0 Å². The van der Waals surface area contributed by atoms with Crippen LogP contribution in [0.1, 0.15) is 29.5 Å². The standard InChI is InChI=1S/C24H22FNO/c1-17-21(8-5-9-23(17)18-6-3-2-4-7-18)16-27-26-24(19-10-11-19)20-12-14-22(25)15-13-20/h2-9,12-15,19H,10-11,16H2,1H3/b26-24+. The van der Waals surface area contributed by atoms with E-state index in [0.717, 1.165) is 29.7 Å². The van der Waals surface area contributed by atoms with Gasteiger partial charge in [0.05, 0.1) is 5.71 Å². The summed E-state index contributed by atoms with van der Waals surface area (Å²) in [5, 5.41) is 4.42. The van der Waals surface area contributed by atoms with Crippen LogP contribution in [-0.2, 0) is 11.4 Å². The smallest absolute Gasteiger partial charge is 0.142 e. The summed E-state index contributed by atoms with van der Waals surface area (Å²) in [5.74, 6) is 0.190. The third-order valence-electron chi connectivity index (χ3n) is 5.02. The highest BCUT2D eigenvalue weighted by atomic mass is 19.1.